The monoisotopic (exact) mass is 328 g/mol. The van der Waals surface area contributed by atoms with Gasteiger partial charge in [-0.3, -0.25) is 9.59 Å². The quantitative estimate of drug-likeness (QED) is 0.844. The molecule has 1 aromatic carbocycles. The molecule has 1 atom stereocenters. The van der Waals surface area contributed by atoms with Crippen LogP contribution in [0.15, 0.2) is 48.7 Å². The van der Waals surface area contributed by atoms with E-state index in [9.17, 15) is 9.59 Å². The Labute approximate surface area is 140 Å². The van der Waals surface area contributed by atoms with Gasteiger partial charge in [-0.1, -0.05) is 37.3 Å². The van der Waals surface area contributed by atoms with Crippen LogP contribution in [-0.4, -0.2) is 40.5 Å². The number of carboxylic acids is 1. The molecule has 0 radical (unpaired) electrons. The predicted octanol–water partition coefficient (Wildman–Crippen LogP) is 2.45. The maximum atomic E-state index is 12.2. The minimum atomic E-state index is -0.933. The number of ether oxygens (including phenoxy) is 1. The summed E-state index contributed by atoms with van der Waals surface area (Å²) < 4.78 is 5.57. The number of benzene rings is 1. The first-order valence-electron chi connectivity index (χ1n) is 7.58. The van der Waals surface area contributed by atoms with Crippen LogP contribution in [-0.2, 0) is 11.4 Å². The van der Waals surface area contributed by atoms with Crippen LogP contribution in [0.2, 0.25) is 0 Å². The van der Waals surface area contributed by atoms with Crippen LogP contribution in [0.4, 0.5) is 0 Å². The second-order valence-corrected chi connectivity index (χ2v) is 5.58. The highest BCUT2D eigenvalue weighted by Crippen LogP contribution is 2.12. The normalized spacial score (nSPS) is 11.6. The zero-order valence-corrected chi connectivity index (χ0v) is 13.7. The van der Waals surface area contributed by atoms with E-state index in [1.165, 1.54) is 11.1 Å². The van der Waals surface area contributed by atoms with Crippen molar-refractivity contribution in [2.24, 2.45) is 5.92 Å². The van der Waals surface area contributed by atoms with E-state index < -0.39 is 11.9 Å². The van der Waals surface area contributed by atoms with Crippen molar-refractivity contribution in [3.05, 3.63) is 59.8 Å². The first-order valence-corrected chi connectivity index (χ1v) is 7.58. The van der Waals surface area contributed by atoms with Crippen LogP contribution in [0.3, 0.4) is 0 Å². The lowest BCUT2D eigenvalue weighted by Gasteiger charge is -2.19. The Kier molecular flexibility index (Phi) is 5.89. The summed E-state index contributed by atoms with van der Waals surface area (Å²) in [5, 5.41) is 8.91. The SMILES string of the molecule is CC(CN(C)C(=O)c1ccc(OCc2ccccc2)nc1)C(=O)O. The van der Waals surface area contributed by atoms with Gasteiger partial charge in [0.15, 0.2) is 0 Å². The molecule has 1 unspecified atom stereocenters. The topological polar surface area (TPSA) is 79.7 Å². The number of carbonyl (C=O) groups excluding carboxylic acids is 1. The molecule has 1 amide bonds. The minimum Gasteiger partial charge on any atom is -0.481 e. The van der Waals surface area contributed by atoms with Crippen LogP contribution in [0.1, 0.15) is 22.8 Å². The lowest BCUT2D eigenvalue weighted by molar-refractivity contribution is -0.141. The van der Waals surface area contributed by atoms with Gasteiger partial charge in [0.1, 0.15) is 6.61 Å². The van der Waals surface area contributed by atoms with Crippen molar-refractivity contribution in [3.63, 3.8) is 0 Å². The fourth-order valence-corrected chi connectivity index (χ4v) is 2.12. The van der Waals surface area contributed by atoms with E-state index in [0.29, 0.717) is 18.1 Å². The van der Waals surface area contributed by atoms with Gasteiger partial charge < -0.3 is 14.7 Å². The molecule has 0 spiro atoms. The largest absolute Gasteiger partial charge is 0.481 e. The number of hydrogen-bond acceptors (Lipinski definition) is 4. The van der Waals surface area contributed by atoms with Gasteiger partial charge >= 0.3 is 5.97 Å². The molecule has 126 valence electrons. The second kappa shape index (κ2) is 8.10. The molecule has 0 saturated carbocycles. The highest BCUT2D eigenvalue weighted by atomic mass is 16.5. The average molecular weight is 328 g/mol. The Morgan fingerprint density at radius 2 is 1.92 bits per heavy atom. The third kappa shape index (κ3) is 4.81. The molecule has 0 bridgehead atoms. The third-order valence-electron chi connectivity index (χ3n) is 3.53. The summed E-state index contributed by atoms with van der Waals surface area (Å²) in [5.41, 5.74) is 1.42. The molecule has 6 heteroatoms. The van der Waals surface area contributed by atoms with Crippen molar-refractivity contribution >= 4 is 11.9 Å². The van der Waals surface area contributed by atoms with Crippen LogP contribution in [0.5, 0.6) is 5.88 Å². The van der Waals surface area contributed by atoms with E-state index in [-0.39, 0.29) is 12.5 Å². The Morgan fingerprint density at radius 3 is 2.50 bits per heavy atom. The van der Waals surface area contributed by atoms with Gasteiger partial charge in [0.25, 0.3) is 5.91 Å². The van der Waals surface area contributed by atoms with E-state index in [2.05, 4.69) is 4.98 Å². The zero-order valence-electron chi connectivity index (χ0n) is 13.7. The summed E-state index contributed by atoms with van der Waals surface area (Å²) in [7, 11) is 1.57. The number of aliphatic carboxylic acids is 1. The van der Waals surface area contributed by atoms with E-state index in [1.54, 1.807) is 26.1 Å². The van der Waals surface area contributed by atoms with E-state index in [4.69, 9.17) is 9.84 Å². The average Bonchev–Trinajstić information content (AvgIpc) is 2.60. The summed E-state index contributed by atoms with van der Waals surface area (Å²) in [4.78, 5) is 28.6. The van der Waals surface area contributed by atoms with Gasteiger partial charge in [-0.15, -0.1) is 0 Å². The smallest absolute Gasteiger partial charge is 0.308 e. The van der Waals surface area contributed by atoms with Crippen molar-refractivity contribution in [3.8, 4) is 5.88 Å². The summed E-state index contributed by atoms with van der Waals surface area (Å²) in [5.74, 6) is -1.40. The molecule has 2 aromatic rings. The molecular formula is C18H20N2O4. The highest BCUT2D eigenvalue weighted by molar-refractivity contribution is 5.94. The molecule has 24 heavy (non-hydrogen) atoms. The van der Waals surface area contributed by atoms with Crippen LogP contribution in [0, 0.1) is 5.92 Å². The third-order valence-corrected chi connectivity index (χ3v) is 3.53. The van der Waals surface area contributed by atoms with Crippen LogP contribution >= 0.6 is 0 Å². The highest BCUT2D eigenvalue weighted by Gasteiger charge is 2.18. The first kappa shape index (κ1) is 17.5. The zero-order chi connectivity index (χ0) is 17.5. The maximum absolute atomic E-state index is 12.2. The fraction of sp³-hybridized carbons (Fsp3) is 0.278. The number of rotatable bonds is 7. The summed E-state index contributed by atoms with van der Waals surface area (Å²) >= 11 is 0. The number of amides is 1. The number of hydrogen-bond donors (Lipinski definition) is 1. The van der Waals surface area contributed by atoms with E-state index in [0.717, 1.165) is 5.56 Å². The number of aromatic nitrogens is 1. The lowest BCUT2D eigenvalue weighted by atomic mass is 10.1. The molecule has 1 heterocycles. The Balaban J connectivity index is 1.93. The van der Waals surface area contributed by atoms with Gasteiger partial charge in [-0.2, -0.15) is 0 Å². The number of carbonyl (C=O) groups is 2. The van der Waals surface area contributed by atoms with Crippen molar-refractivity contribution in [1.82, 2.24) is 9.88 Å². The van der Waals surface area contributed by atoms with E-state index >= 15 is 0 Å². The molecule has 6 nitrogen and oxygen atoms in total. The van der Waals surface area contributed by atoms with Gasteiger partial charge in [0, 0.05) is 25.9 Å². The van der Waals surface area contributed by atoms with E-state index in [1.807, 2.05) is 30.3 Å². The molecule has 1 N–H and O–H groups in total. The number of pyridine rings is 1. The molecule has 0 fully saturated rings. The van der Waals surface area contributed by atoms with Crippen molar-refractivity contribution in [1.29, 1.82) is 0 Å². The van der Waals surface area contributed by atoms with Gasteiger partial charge in [0.05, 0.1) is 11.5 Å². The summed E-state index contributed by atoms with van der Waals surface area (Å²) in [6, 6.07) is 13.0. The second-order valence-electron chi connectivity index (χ2n) is 5.58. The number of carboxylic acid groups (broad SMARTS) is 1. The molecular weight excluding hydrogens is 308 g/mol. The lowest BCUT2D eigenvalue weighted by Crippen LogP contribution is -2.33. The summed E-state index contributed by atoms with van der Waals surface area (Å²) in [6.07, 6.45) is 1.44. The summed E-state index contributed by atoms with van der Waals surface area (Å²) in [6.45, 7) is 2.10. The minimum absolute atomic E-state index is 0.139. The van der Waals surface area contributed by atoms with Gasteiger partial charge in [-0.25, -0.2) is 4.98 Å². The molecule has 1 aromatic heterocycles. The Morgan fingerprint density at radius 1 is 1.21 bits per heavy atom. The molecule has 0 aliphatic carbocycles. The Bertz CT molecular complexity index is 686. The fourth-order valence-electron chi connectivity index (χ4n) is 2.12. The predicted molar refractivity (Wildman–Crippen MR) is 88.8 cm³/mol. The van der Waals surface area contributed by atoms with Gasteiger partial charge in [0.2, 0.25) is 5.88 Å². The van der Waals surface area contributed by atoms with Crippen LogP contribution < -0.4 is 4.74 Å². The van der Waals surface area contributed by atoms with Crippen molar-refractivity contribution in [2.45, 2.75) is 13.5 Å². The van der Waals surface area contributed by atoms with Gasteiger partial charge in [-0.05, 0) is 11.6 Å². The van der Waals surface area contributed by atoms with Crippen molar-refractivity contribution < 1.29 is 19.4 Å². The number of nitrogens with zero attached hydrogens (tertiary/aromatic N) is 2. The molecule has 0 aliphatic rings. The molecule has 2 rings (SSSR count). The molecule has 0 aliphatic heterocycles. The standard InChI is InChI=1S/C18H20N2O4/c1-13(18(22)23)11-20(2)17(21)15-8-9-16(19-10-15)24-12-14-6-4-3-5-7-14/h3-10,13H,11-12H2,1-2H3,(H,22,23). The Hall–Kier alpha value is -2.89. The first-order chi connectivity index (χ1) is 11.5. The maximum Gasteiger partial charge on any atom is 0.308 e. The van der Waals surface area contributed by atoms with Crippen molar-refractivity contribution in [2.75, 3.05) is 13.6 Å². The molecule has 0 saturated heterocycles. The van der Waals surface area contributed by atoms with Crippen LogP contribution in [0.25, 0.3) is 0 Å².